The molecule has 2 heteroatoms. The number of carbonyl (C=O) groups excluding carboxylic acids is 1. The van der Waals surface area contributed by atoms with Crippen LogP contribution in [0.2, 0.25) is 0 Å². The molecule has 0 amide bonds. The Morgan fingerprint density at radius 1 is 1.19 bits per heavy atom. The molecule has 1 N–H and O–H groups in total. The quantitative estimate of drug-likeness (QED) is 0.827. The van der Waals surface area contributed by atoms with Gasteiger partial charge in [0, 0.05) is 6.42 Å². The Hall–Kier alpha value is -1.15. The summed E-state index contributed by atoms with van der Waals surface area (Å²) in [6.07, 6.45) is 0.500. The first-order chi connectivity index (χ1) is 7.60. The number of hydrogen-bond acceptors (Lipinski definition) is 2. The van der Waals surface area contributed by atoms with Gasteiger partial charge in [-0.3, -0.25) is 4.79 Å². The van der Waals surface area contributed by atoms with E-state index in [0.717, 1.165) is 6.42 Å². The van der Waals surface area contributed by atoms with E-state index in [9.17, 15) is 9.90 Å². The molecule has 0 aliphatic heterocycles. The predicted octanol–water partition coefficient (Wildman–Crippen LogP) is 3.21. The topological polar surface area (TPSA) is 37.3 Å². The largest absolute Gasteiger partial charge is 0.381 e. The van der Waals surface area contributed by atoms with Crippen molar-refractivity contribution in [2.45, 2.75) is 45.6 Å². The van der Waals surface area contributed by atoms with Crippen molar-refractivity contribution in [3.63, 3.8) is 0 Å². The summed E-state index contributed by atoms with van der Waals surface area (Å²) in [5.41, 5.74) is 1.95. The second-order valence-electron chi connectivity index (χ2n) is 4.20. The summed E-state index contributed by atoms with van der Waals surface area (Å²) in [5, 5.41) is 9.73. The maximum atomic E-state index is 11.3. The molecule has 0 aliphatic carbocycles. The van der Waals surface area contributed by atoms with Gasteiger partial charge in [-0.1, -0.05) is 45.0 Å². The van der Waals surface area contributed by atoms with E-state index in [1.165, 1.54) is 5.56 Å². The fourth-order valence-corrected chi connectivity index (χ4v) is 1.62. The number of hydrogen-bond donors (Lipinski definition) is 1. The second kappa shape index (κ2) is 5.80. The summed E-state index contributed by atoms with van der Waals surface area (Å²) in [4.78, 5) is 11.3. The summed E-state index contributed by atoms with van der Waals surface area (Å²) in [6, 6.07) is 7.69. The van der Waals surface area contributed by atoms with E-state index in [-0.39, 0.29) is 5.78 Å². The highest BCUT2D eigenvalue weighted by atomic mass is 16.3. The molecule has 0 heterocycles. The van der Waals surface area contributed by atoms with Crippen LogP contribution in [0.1, 0.15) is 56.8 Å². The summed E-state index contributed by atoms with van der Waals surface area (Å²) in [7, 11) is 0. The van der Waals surface area contributed by atoms with E-state index >= 15 is 0 Å². The number of rotatable bonds is 5. The molecule has 1 aromatic rings. The number of benzene rings is 1. The average molecular weight is 220 g/mol. The molecular weight excluding hydrogens is 200 g/mol. The van der Waals surface area contributed by atoms with E-state index < -0.39 is 6.10 Å². The normalized spacial score (nSPS) is 14.5. The van der Waals surface area contributed by atoms with Crippen molar-refractivity contribution in [3.05, 3.63) is 35.4 Å². The molecule has 0 radical (unpaired) electrons. The van der Waals surface area contributed by atoms with Crippen molar-refractivity contribution in [2.75, 3.05) is 0 Å². The fraction of sp³-hybridized carbons (Fsp3) is 0.500. The smallest absolute Gasteiger partial charge is 0.165 e. The molecule has 2 unspecified atom stereocenters. The van der Waals surface area contributed by atoms with Crippen LogP contribution in [0.4, 0.5) is 0 Å². The lowest BCUT2D eigenvalue weighted by molar-refractivity contribution is -0.127. The maximum absolute atomic E-state index is 11.3. The molecule has 0 saturated heterocycles. The van der Waals surface area contributed by atoms with Crippen molar-refractivity contribution in [1.82, 2.24) is 0 Å². The highest BCUT2D eigenvalue weighted by Gasteiger charge is 2.15. The van der Waals surface area contributed by atoms with Gasteiger partial charge < -0.3 is 5.11 Å². The average Bonchev–Trinajstić information content (AvgIpc) is 2.36. The lowest BCUT2D eigenvalue weighted by Crippen LogP contribution is -2.10. The van der Waals surface area contributed by atoms with Crippen LogP contribution < -0.4 is 0 Å². The SMILES string of the molecule is CCC(=O)C(O)c1ccc(C(C)CC)cc1. The zero-order chi connectivity index (χ0) is 12.1. The van der Waals surface area contributed by atoms with E-state index in [2.05, 4.69) is 13.8 Å². The Kier molecular flexibility index (Phi) is 4.69. The third-order valence-electron chi connectivity index (χ3n) is 3.09. The van der Waals surface area contributed by atoms with E-state index in [4.69, 9.17) is 0 Å². The molecule has 1 aromatic carbocycles. The van der Waals surface area contributed by atoms with Crippen LogP contribution in [-0.4, -0.2) is 10.9 Å². The van der Waals surface area contributed by atoms with Crippen molar-refractivity contribution < 1.29 is 9.90 Å². The molecule has 2 atom stereocenters. The van der Waals surface area contributed by atoms with Gasteiger partial charge >= 0.3 is 0 Å². The molecule has 1 rings (SSSR count). The molecule has 16 heavy (non-hydrogen) atoms. The highest BCUT2D eigenvalue weighted by molar-refractivity contribution is 5.83. The van der Waals surface area contributed by atoms with E-state index in [1.54, 1.807) is 6.92 Å². The van der Waals surface area contributed by atoms with Gasteiger partial charge in [-0.2, -0.15) is 0 Å². The first-order valence-electron chi connectivity index (χ1n) is 5.90. The third-order valence-corrected chi connectivity index (χ3v) is 3.09. The standard InChI is InChI=1S/C14H20O2/c1-4-10(3)11-6-8-12(9-7-11)14(16)13(15)5-2/h6-10,14,16H,4-5H2,1-3H3. The Bertz CT molecular complexity index is 340. The summed E-state index contributed by atoms with van der Waals surface area (Å²) in [5.74, 6) is 0.393. The molecule has 0 bridgehead atoms. The van der Waals surface area contributed by atoms with Crippen LogP contribution in [0.15, 0.2) is 24.3 Å². The molecule has 0 fully saturated rings. The van der Waals surface area contributed by atoms with Gasteiger partial charge in [0.1, 0.15) is 6.10 Å². The summed E-state index contributed by atoms with van der Waals surface area (Å²) >= 11 is 0. The Morgan fingerprint density at radius 2 is 1.69 bits per heavy atom. The molecule has 88 valence electrons. The fourth-order valence-electron chi connectivity index (χ4n) is 1.62. The number of Topliss-reactive ketones (excluding diaryl/α,β-unsaturated/α-hetero) is 1. The van der Waals surface area contributed by atoms with Crippen molar-refractivity contribution in [3.8, 4) is 0 Å². The molecule has 0 saturated carbocycles. The van der Waals surface area contributed by atoms with Crippen molar-refractivity contribution in [2.24, 2.45) is 0 Å². The lowest BCUT2D eigenvalue weighted by Gasteiger charge is -2.12. The third kappa shape index (κ3) is 2.92. The second-order valence-corrected chi connectivity index (χ2v) is 4.20. The van der Waals surface area contributed by atoms with Crippen molar-refractivity contribution in [1.29, 1.82) is 0 Å². The van der Waals surface area contributed by atoms with E-state index in [0.29, 0.717) is 17.9 Å². The first kappa shape index (κ1) is 12.9. The molecule has 2 nitrogen and oxygen atoms in total. The monoisotopic (exact) mass is 220 g/mol. The van der Waals surface area contributed by atoms with Crippen LogP contribution in [0, 0.1) is 0 Å². The van der Waals surface area contributed by atoms with Gasteiger partial charge in [0.2, 0.25) is 0 Å². The Balaban J connectivity index is 2.82. The number of aliphatic hydroxyl groups excluding tert-OH is 1. The summed E-state index contributed by atoms with van der Waals surface area (Å²) < 4.78 is 0. The maximum Gasteiger partial charge on any atom is 0.165 e. The minimum Gasteiger partial charge on any atom is -0.381 e. The zero-order valence-electron chi connectivity index (χ0n) is 10.2. The van der Waals surface area contributed by atoms with Gasteiger partial charge in [0.05, 0.1) is 0 Å². The molecular formula is C14H20O2. The Labute approximate surface area is 97.3 Å². The van der Waals surface area contributed by atoms with Gasteiger partial charge in [-0.25, -0.2) is 0 Å². The van der Waals surface area contributed by atoms with Gasteiger partial charge in [-0.05, 0) is 23.5 Å². The van der Waals surface area contributed by atoms with Crippen LogP contribution in [0.3, 0.4) is 0 Å². The van der Waals surface area contributed by atoms with Crippen LogP contribution >= 0.6 is 0 Å². The summed E-state index contributed by atoms with van der Waals surface area (Å²) in [6.45, 7) is 6.08. The minimum absolute atomic E-state index is 0.128. The van der Waals surface area contributed by atoms with Crippen LogP contribution in [0.5, 0.6) is 0 Å². The first-order valence-corrected chi connectivity index (χ1v) is 5.90. The van der Waals surface area contributed by atoms with Crippen molar-refractivity contribution >= 4 is 5.78 Å². The van der Waals surface area contributed by atoms with Gasteiger partial charge in [0.25, 0.3) is 0 Å². The van der Waals surface area contributed by atoms with E-state index in [1.807, 2.05) is 24.3 Å². The molecule has 0 spiro atoms. The number of aliphatic hydroxyl groups is 1. The molecule has 0 aromatic heterocycles. The Morgan fingerprint density at radius 3 is 2.12 bits per heavy atom. The lowest BCUT2D eigenvalue weighted by atomic mass is 9.95. The van der Waals surface area contributed by atoms with Gasteiger partial charge in [0.15, 0.2) is 5.78 Å². The highest BCUT2D eigenvalue weighted by Crippen LogP contribution is 2.22. The van der Waals surface area contributed by atoms with Crippen LogP contribution in [0.25, 0.3) is 0 Å². The number of carbonyl (C=O) groups is 1. The zero-order valence-corrected chi connectivity index (χ0v) is 10.2. The number of ketones is 1. The van der Waals surface area contributed by atoms with Crippen LogP contribution in [-0.2, 0) is 4.79 Å². The predicted molar refractivity (Wildman–Crippen MR) is 65.4 cm³/mol. The minimum atomic E-state index is -0.962. The van der Waals surface area contributed by atoms with Gasteiger partial charge in [-0.15, -0.1) is 0 Å². The molecule has 0 aliphatic rings.